The molecule has 0 aliphatic carbocycles. The number of ether oxygens (including phenoxy) is 3. The molecule has 2 saturated heterocycles. The number of piperidine rings is 1. The minimum absolute atomic E-state index is 0.0295. The number of hydrogen-bond acceptors (Lipinski definition) is 7. The Hall–Kier alpha value is -2.36. The lowest BCUT2D eigenvalue weighted by atomic mass is 10.0. The molecular formula is C27H44N4O5. The van der Waals surface area contributed by atoms with E-state index in [9.17, 15) is 9.59 Å². The third-order valence-electron chi connectivity index (χ3n) is 7.04. The topological polar surface area (TPSA) is 92.4 Å². The number of likely N-dealkylation sites (tertiary alicyclic amines) is 1. The molecule has 0 radical (unpaired) electrons. The number of benzene rings is 1. The summed E-state index contributed by atoms with van der Waals surface area (Å²) in [6.07, 6.45) is 4.14. The summed E-state index contributed by atoms with van der Waals surface area (Å²) in [7, 11) is 3.25. The second-order valence-corrected chi connectivity index (χ2v) is 9.96. The van der Waals surface area contributed by atoms with Crippen molar-refractivity contribution in [2.24, 2.45) is 5.92 Å². The molecule has 9 nitrogen and oxygen atoms in total. The molecule has 1 aromatic rings. The highest BCUT2D eigenvalue weighted by atomic mass is 16.5. The molecule has 202 valence electrons. The minimum atomic E-state index is -0.0376. The Morgan fingerprint density at radius 2 is 1.89 bits per heavy atom. The maximum absolute atomic E-state index is 13.6. The van der Waals surface area contributed by atoms with Crippen LogP contribution in [-0.2, 0) is 9.53 Å². The summed E-state index contributed by atoms with van der Waals surface area (Å²) in [6.45, 7) is 9.44. The third kappa shape index (κ3) is 7.82. The summed E-state index contributed by atoms with van der Waals surface area (Å²) in [6, 6.07) is 5.51. The average Bonchev–Trinajstić information content (AvgIpc) is 3.35. The average molecular weight is 505 g/mol. The first-order valence-electron chi connectivity index (χ1n) is 13.3. The first-order valence-corrected chi connectivity index (χ1v) is 13.3. The number of amides is 2. The summed E-state index contributed by atoms with van der Waals surface area (Å²) < 4.78 is 16.4. The summed E-state index contributed by atoms with van der Waals surface area (Å²) in [5, 5.41) is 6.91. The molecule has 2 heterocycles. The lowest BCUT2D eigenvalue weighted by Gasteiger charge is -2.32. The maximum Gasteiger partial charge on any atom is 0.254 e. The van der Waals surface area contributed by atoms with Gasteiger partial charge in [-0.25, -0.2) is 0 Å². The molecule has 0 aromatic heterocycles. The molecule has 2 fully saturated rings. The lowest BCUT2D eigenvalue weighted by Crippen LogP contribution is -2.49. The van der Waals surface area contributed by atoms with E-state index in [1.807, 2.05) is 23.6 Å². The van der Waals surface area contributed by atoms with Crippen LogP contribution in [0.4, 0.5) is 0 Å². The second-order valence-electron chi connectivity index (χ2n) is 9.96. The van der Waals surface area contributed by atoms with Gasteiger partial charge in [-0.3, -0.25) is 9.59 Å². The number of nitrogens with zero attached hydrogens (tertiary/aromatic N) is 2. The zero-order valence-corrected chi connectivity index (χ0v) is 22.4. The molecule has 3 rings (SSSR count). The molecule has 2 unspecified atom stereocenters. The Morgan fingerprint density at radius 1 is 1.11 bits per heavy atom. The van der Waals surface area contributed by atoms with Crippen molar-refractivity contribution in [3.05, 3.63) is 23.8 Å². The number of carbonyl (C=O) groups excluding carboxylic acids is 2. The van der Waals surface area contributed by atoms with Crippen molar-refractivity contribution in [3.63, 3.8) is 0 Å². The van der Waals surface area contributed by atoms with Crippen molar-refractivity contribution in [1.29, 1.82) is 0 Å². The standard InChI is InChI=1S/C27H44N4O5/c1-20(2)31(27(33)21-9-10-24(35-4)25(15-21)36-14-8-13-34-3)19-22-16-28-17-23(22)29-18-26(32)30-11-6-5-7-12-30/h9-10,15,20,22-23,28-29H,5-8,11-14,16-19H2,1-4H3. The van der Waals surface area contributed by atoms with Gasteiger partial charge in [0.1, 0.15) is 0 Å². The summed E-state index contributed by atoms with van der Waals surface area (Å²) in [4.78, 5) is 30.1. The first-order chi connectivity index (χ1) is 17.4. The van der Waals surface area contributed by atoms with Crippen LogP contribution in [0.2, 0.25) is 0 Å². The van der Waals surface area contributed by atoms with Crippen LogP contribution in [0.15, 0.2) is 18.2 Å². The Morgan fingerprint density at radius 3 is 2.58 bits per heavy atom. The summed E-state index contributed by atoms with van der Waals surface area (Å²) in [5.74, 6) is 1.51. The molecular weight excluding hydrogens is 460 g/mol. The van der Waals surface area contributed by atoms with Crippen LogP contribution in [0.3, 0.4) is 0 Å². The van der Waals surface area contributed by atoms with E-state index >= 15 is 0 Å². The molecule has 2 N–H and O–H groups in total. The number of nitrogens with one attached hydrogen (secondary N) is 2. The Labute approximate surface area is 215 Å². The van der Waals surface area contributed by atoms with Crippen molar-refractivity contribution in [2.75, 3.05) is 66.7 Å². The van der Waals surface area contributed by atoms with Crippen LogP contribution in [0, 0.1) is 5.92 Å². The predicted octanol–water partition coefficient (Wildman–Crippen LogP) is 2.15. The van der Waals surface area contributed by atoms with E-state index in [2.05, 4.69) is 10.6 Å². The Kier molecular flexibility index (Phi) is 11.3. The molecule has 2 aliphatic heterocycles. The molecule has 2 atom stereocenters. The Bertz CT molecular complexity index is 843. The van der Waals surface area contributed by atoms with E-state index in [-0.39, 0.29) is 29.8 Å². The van der Waals surface area contributed by atoms with Gasteiger partial charge in [-0.1, -0.05) is 0 Å². The number of methoxy groups -OCH3 is 2. The van der Waals surface area contributed by atoms with Gasteiger partial charge in [-0.2, -0.15) is 0 Å². The fourth-order valence-corrected chi connectivity index (χ4v) is 4.89. The highest BCUT2D eigenvalue weighted by Crippen LogP contribution is 2.29. The van der Waals surface area contributed by atoms with Crippen molar-refractivity contribution < 1.29 is 23.8 Å². The number of hydrogen-bond donors (Lipinski definition) is 2. The minimum Gasteiger partial charge on any atom is -0.493 e. The van der Waals surface area contributed by atoms with Crippen molar-refractivity contribution in [2.45, 2.75) is 51.6 Å². The van der Waals surface area contributed by atoms with E-state index in [4.69, 9.17) is 14.2 Å². The van der Waals surface area contributed by atoms with E-state index < -0.39 is 0 Å². The van der Waals surface area contributed by atoms with Gasteiger partial charge in [0.25, 0.3) is 5.91 Å². The third-order valence-corrected chi connectivity index (χ3v) is 7.04. The summed E-state index contributed by atoms with van der Waals surface area (Å²) >= 11 is 0. The van der Waals surface area contributed by atoms with Gasteiger partial charge in [-0.05, 0) is 51.3 Å². The van der Waals surface area contributed by atoms with Crippen LogP contribution in [0.25, 0.3) is 0 Å². The van der Waals surface area contributed by atoms with E-state index in [0.717, 1.165) is 45.4 Å². The van der Waals surface area contributed by atoms with Gasteiger partial charge in [0.2, 0.25) is 5.91 Å². The zero-order valence-electron chi connectivity index (χ0n) is 22.4. The van der Waals surface area contributed by atoms with Crippen molar-refractivity contribution in [3.8, 4) is 11.5 Å². The van der Waals surface area contributed by atoms with Gasteiger partial charge in [-0.15, -0.1) is 0 Å². The van der Waals surface area contributed by atoms with E-state index in [1.54, 1.807) is 32.4 Å². The maximum atomic E-state index is 13.6. The monoisotopic (exact) mass is 504 g/mol. The normalized spacial score (nSPS) is 20.0. The van der Waals surface area contributed by atoms with Crippen LogP contribution in [0.5, 0.6) is 11.5 Å². The van der Waals surface area contributed by atoms with Gasteiger partial charge in [0, 0.05) is 76.4 Å². The molecule has 36 heavy (non-hydrogen) atoms. The molecule has 0 bridgehead atoms. The Balaban J connectivity index is 1.62. The van der Waals surface area contributed by atoms with Gasteiger partial charge < -0.3 is 34.6 Å². The molecule has 1 aromatic carbocycles. The lowest BCUT2D eigenvalue weighted by molar-refractivity contribution is -0.131. The van der Waals surface area contributed by atoms with Crippen LogP contribution < -0.4 is 20.1 Å². The van der Waals surface area contributed by atoms with Gasteiger partial charge in [0.15, 0.2) is 11.5 Å². The fourth-order valence-electron chi connectivity index (χ4n) is 4.89. The van der Waals surface area contributed by atoms with Crippen molar-refractivity contribution in [1.82, 2.24) is 20.4 Å². The molecule has 0 saturated carbocycles. The zero-order chi connectivity index (χ0) is 25.9. The number of carbonyl (C=O) groups is 2. The summed E-state index contributed by atoms with van der Waals surface area (Å²) in [5.41, 5.74) is 0.571. The highest BCUT2D eigenvalue weighted by molar-refractivity contribution is 5.95. The number of rotatable bonds is 13. The smallest absolute Gasteiger partial charge is 0.254 e. The molecule has 2 aliphatic rings. The van der Waals surface area contributed by atoms with Crippen LogP contribution >= 0.6 is 0 Å². The van der Waals surface area contributed by atoms with Crippen molar-refractivity contribution >= 4 is 11.8 Å². The van der Waals surface area contributed by atoms with Crippen LogP contribution in [-0.4, -0.2) is 100 Å². The van der Waals surface area contributed by atoms with Crippen LogP contribution in [0.1, 0.15) is 49.9 Å². The molecule has 9 heteroatoms. The first kappa shape index (κ1) is 28.2. The quantitative estimate of drug-likeness (QED) is 0.398. The molecule has 2 amide bonds. The SMILES string of the molecule is COCCCOc1cc(C(=O)N(CC2CNCC2NCC(=O)N2CCCCC2)C(C)C)ccc1OC. The highest BCUT2D eigenvalue weighted by Gasteiger charge is 2.32. The van der Waals surface area contributed by atoms with Gasteiger partial charge >= 0.3 is 0 Å². The van der Waals surface area contributed by atoms with E-state index in [0.29, 0.717) is 43.4 Å². The van der Waals surface area contributed by atoms with Gasteiger partial charge in [0.05, 0.1) is 20.3 Å². The van der Waals surface area contributed by atoms with E-state index in [1.165, 1.54) is 6.42 Å². The molecule has 0 spiro atoms. The largest absolute Gasteiger partial charge is 0.493 e. The predicted molar refractivity (Wildman–Crippen MR) is 140 cm³/mol. The second kappa shape index (κ2) is 14.4. The fraction of sp³-hybridized carbons (Fsp3) is 0.704.